The van der Waals surface area contributed by atoms with E-state index in [0.29, 0.717) is 16.3 Å². The number of nitriles is 1. The van der Waals surface area contributed by atoms with E-state index in [9.17, 15) is 4.79 Å². The summed E-state index contributed by atoms with van der Waals surface area (Å²) in [5.41, 5.74) is 1.89. The number of benzene rings is 2. The molecule has 2 N–H and O–H groups in total. The number of rotatable bonds is 5. The number of anilines is 1. The molecule has 2 rings (SSSR count). The standard InChI is InChI=1S/C17H16ClN3O/c1-12(14-7-3-4-8-15(14)18)20-11-17(22)21-16-9-5-2-6-13(16)10-19/h2-9,12,20H,11H2,1H3,(H,21,22)/t12-/m0/s1. The Balaban J connectivity index is 1.93. The molecule has 5 heteroatoms. The molecule has 22 heavy (non-hydrogen) atoms. The first kappa shape index (κ1) is 16.0. The molecule has 0 bridgehead atoms. The monoisotopic (exact) mass is 313 g/mol. The first-order chi connectivity index (χ1) is 10.6. The highest BCUT2D eigenvalue weighted by atomic mass is 35.5. The average Bonchev–Trinajstić information content (AvgIpc) is 2.53. The van der Waals surface area contributed by atoms with Gasteiger partial charge in [0.2, 0.25) is 5.91 Å². The van der Waals surface area contributed by atoms with Crippen molar-refractivity contribution in [3.63, 3.8) is 0 Å². The molecule has 0 aliphatic rings. The molecule has 1 amide bonds. The lowest BCUT2D eigenvalue weighted by Crippen LogP contribution is -2.30. The maximum absolute atomic E-state index is 12.0. The van der Waals surface area contributed by atoms with Crippen LogP contribution in [0.5, 0.6) is 0 Å². The van der Waals surface area contributed by atoms with E-state index in [4.69, 9.17) is 16.9 Å². The van der Waals surface area contributed by atoms with Gasteiger partial charge in [0, 0.05) is 11.1 Å². The summed E-state index contributed by atoms with van der Waals surface area (Å²) in [6.07, 6.45) is 0. The van der Waals surface area contributed by atoms with Crippen LogP contribution in [0.4, 0.5) is 5.69 Å². The molecule has 0 aliphatic carbocycles. The number of carbonyl (C=O) groups excluding carboxylic acids is 1. The number of hydrogen-bond donors (Lipinski definition) is 2. The largest absolute Gasteiger partial charge is 0.324 e. The predicted molar refractivity (Wildman–Crippen MR) is 87.7 cm³/mol. The van der Waals surface area contributed by atoms with Crippen LogP contribution in [0.3, 0.4) is 0 Å². The second kappa shape index (κ2) is 7.60. The van der Waals surface area contributed by atoms with Crippen molar-refractivity contribution < 1.29 is 4.79 Å². The van der Waals surface area contributed by atoms with E-state index < -0.39 is 0 Å². The molecule has 0 spiro atoms. The van der Waals surface area contributed by atoms with Crippen LogP contribution in [0.2, 0.25) is 5.02 Å². The Bertz CT molecular complexity index is 709. The van der Waals surface area contributed by atoms with E-state index in [1.54, 1.807) is 24.3 Å². The highest BCUT2D eigenvalue weighted by Gasteiger charge is 2.11. The van der Waals surface area contributed by atoms with Crippen molar-refractivity contribution in [3.05, 3.63) is 64.7 Å². The normalized spacial score (nSPS) is 11.5. The molecule has 0 heterocycles. The fourth-order valence-corrected chi connectivity index (χ4v) is 2.37. The maximum atomic E-state index is 12.0. The third kappa shape index (κ3) is 4.08. The number of hydrogen-bond acceptors (Lipinski definition) is 3. The van der Waals surface area contributed by atoms with Gasteiger partial charge in [0.15, 0.2) is 0 Å². The van der Waals surface area contributed by atoms with Crippen LogP contribution >= 0.6 is 11.6 Å². The van der Waals surface area contributed by atoms with Crippen molar-refractivity contribution in [1.29, 1.82) is 5.26 Å². The number of para-hydroxylation sites is 1. The highest BCUT2D eigenvalue weighted by Crippen LogP contribution is 2.21. The Hall–Kier alpha value is -2.35. The number of nitrogens with zero attached hydrogens (tertiary/aromatic N) is 1. The summed E-state index contributed by atoms with van der Waals surface area (Å²) >= 11 is 6.13. The van der Waals surface area contributed by atoms with Crippen molar-refractivity contribution in [2.24, 2.45) is 0 Å². The Morgan fingerprint density at radius 1 is 1.23 bits per heavy atom. The molecule has 0 unspecified atom stereocenters. The zero-order valence-electron chi connectivity index (χ0n) is 12.1. The molecule has 0 aliphatic heterocycles. The van der Waals surface area contributed by atoms with Crippen LogP contribution in [0, 0.1) is 11.3 Å². The summed E-state index contributed by atoms with van der Waals surface area (Å²) in [5.74, 6) is -0.207. The van der Waals surface area contributed by atoms with E-state index in [1.165, 1.54) is 0 Å². The molecule has 112 valence electrons. The van der Waals surface area contributed by atoms with Crippen molar-refractivity contribution in [2.45, 2.75) is 13.0 Å². The van der Waals surface area contributed by atoms with E-state index in [2.05, 4.69) is 10.6 Å². The summed E-state index contributed by atoms with van der Waals surface area (Å²) < 4.78 is 0. The number of nitrogens with one attached hydrogen (secondary N) is 2. The second-order valence-electron chi connectivity index (χ2n) is 4.83. The Morgan fingerprint density at radius 2 is 1.91 bits per heavy atom. The third-order valence-electron chi connectivity index (χ3n) is 3.26. The van der Waals surface area contributed by atoms with E-state index in [-0.39, 0.29) is 18.5 Å². The number of carbonyl (C=O) groups is 1. The summed E-state index contributed by atoms with van der Waals surface area (Å²) in [4.78, 5) is 12.0. The van der Waals surface area contributed by atoms with Gasteiger partial charge in [0.25, 0.3) is 0 Å². The molecule has 0 fully saturated rings. The minimum absolute atomic E-state index is 0.0503. The smallest absolute Gasteiger partial charge is 0.238 e. The van der Waals surface area contributed by atoms with Gasteiger partial charge >= 0.3 is 0 Å². The molecule has 2 aromatic rings. The lowest BCUT2D eigenvalue weighted by molar-refractivity contribution is -0.115. The Labute approximate surface area is 134 Å². The minimum Gasteiger partial charge on any atom is -0.324 e. The molecule has 1 atom stereocenters. The van der Waals surface area contributed by atoms with Gasteiger partial charge in [0.1, 0.15) is 6.07 Å². The van der Waals surface area contributed by atoms with Gasteiger partial charge in [-0.05, 0) is 30.7 Å². The molecule has 4 nitrogen and oxygen atoms in total. The van der Waals surface area contributed by atoms with E-state index >= 15 is 0 Å². The lowest BCUT2D eigenvalue weighted by Gasteiger charge is -2.15. The first-order valence-corrected chi connectivity index (χ1v) is 7.26. The molecule has 0 saturated carbocycles. The fourth-order valence-electron chi connectivity index (χ4n) is 2.07. The van der Waals surface area contributed by atoms with Crippen LogP contribution in [0.15, 0.2) is 48.5 Å². The SMILES string of the molecule is C[C@H](NCC(=O)Nc1ccccc1C#N)c1ccccc1Cl. The van der Waals surface area contributed by atoms with Crippen molar-refractivity contribution in [3.8, 4) is 6.07 Å². The molecule has 0 aromatic heterocycles. The van der Waals surface area contributed by atoms with Crippen molar-refractivity contribution in [2.75, 3.05) is 11.9 Å². The zero-order chi connectivity index (χ0) is 15.9. The predicted octanol–water partition coefficient (Wildman–Crippen LogP) is 3.50. The van der Waals surface area contributed by atoms with Crippen LogP contribution in [-0.2, 0) is 4.79 Å². The molecule has 0 saturated heterocycles. The van der Waals surface area contributed by atoms with E-state index in [1.807, 2.05) is 37.3 Å². The van der Waals surface area contributed by atoms with Gasteiger partial charge in [-0.15, -0.1) is 0 Å². The van der Waals surface area contributed by atoms with Crippen LogP contribution in [0.25, 0.3) is 0 Å². The summed E-state index contributed by atoms with van der Waals surface area (Å²) in [5, 5.41) is 15.5. The van der Waals surface area contributed by atoms with Gasteiger partial charge < -0.3 is 10.6 Å². The lowest BCUT2D eigenvalue weighted by atomic mass is 10.1. The number of halogens is 1. The number of amides is 1. The molecule has 2 aromatic carbocycles. The topological polar surface area (TPSA) is 64.9 Å². The third-order valence-corrected chi connectivity index (χ3v) is 3.61. The average molecular weight is 314 g/mol. The summed E-state index contributed by atoms with van der Waals surface area (Å²) in [7, 11) is 0. The Morgan fingerprint density at radius 3 is 2.64 bits per heavy atom. The first-order valence-electron chi connectivity index (χ1n) is 6.88. The van der Waals surface area contributed by atoms with Gasteiger partial charge in [-0.1, -0.05) is 41.9 Å². The van der Waals surface area contributed by atoms with Crippen LogP contribution in [0.1, 0.15) is 24.1 Å². The quantitative estimate of drug-likeness (QED) is 0.888. The van der Waals surface area contributed by atoms with E-state index in [0.717, 1.165) is 5.56 Å². The molecular weight excluding hydrogens is 298 g/mol. The fraction of sp³-hybridized carbons (Fsp3) is 0.176. The van der Waals surface area contributed by atoms with Gasteiger partial charge in [-0.3, -0.25) is 4.79 Å². The molecular formula is C17H16ClN3O. The minimum atomic E-state index is -0.207. The Kier molecular flexibility index (Phi) is 5.54. The van der Waals surface area contributed by atoms with Crippen LogP contribution in [-0.4, -0.2) is 12.5 Å². The highest BCUT2D eigenvalue weighted by molar-refractivity contribution is 6.31. The summed E-state index contributed by atoms with van der Waals surface area (Å²) in [6, 6.07) is 16.4. The second-order valence-corrected chi connectivity index (χ2v) is 5.24. The van der Waals surface area contributed by atoms with Gasteiger partial charge in [-0.25, -0.2) is 0 Å². The van der Waals surface area contributed by atoms with Gasteiger partial charge in [-0.2, -0.15) is 5.26 Å². The van der Waals surface area contributed by atoms with Crippen molar-refractivity contribution >= 4 is 23.2 Å². The maximum Gasteiger partial charge on any atom is 0.238 e. The van der Waals surface area contributed by atoms with Crippen LogP contribution < -0.4 is 10.6 Å². The zero-order valence-corrected chi connectivity index (χ0v) is 12.9. The van der Waals surface area contributed by atoms with Gasteiger partial charge in [0.05, 0.1) is 17.8 Å². The summed E-state index contributed by atoms with van der Waals surface area (Å²) in [6.45, 7) is 2.07. The van der Waals surface area contributed by atoms with Crippen molar-refractivity contribution in [1.82, 2.24) is 5.32 Å². The molecule has 0 radical (unpaired) electrons.